The first-order valence-electron chi connectivity index (χ1n) is 4.31. The van der Waals surface area contributed by atoms with Gasteiger partial charge in [-0.25, -0.2) is 13.2 Å². The summed E-state index contributed by atoms with van der Waals surface area (Å²) in [6.45, 7) is 2.97. The zero-order valence-corrected chi connectivity index (χ0v) is 8.02. The van der Waals surface area contributed by atoms with E-state index in [-0.39, 0.29) is 0 Å². The van der Waals surface area contributed by atoms with Crippen LogP contribution in [-0.4, -0.2) is 12.5 Å². The molecule has 78 valence electrons. The molecule has 1 aromatic carbocycles. The van der Waals surface area contributed by atoms with Crippen molar-refractivity contribution in [3.8, 4) is 0 Å². The number of aryl methyl sites for hydroxylation is 1. The summed E-state index contributed by atoms with van der Waals surface area (Å²) in [5.74, 6) is -0.392. The largest absolute Gasteiger partial charge is 0.377 e. The summed E-state index contributed by atoms with van der Waals surface area (Å²) < 4.78 is 37.3. The van der Waals surface area contributed by atoms with E-state index in [2.05, 4.69) is 5.32 Å². The maximum atomic E-state index is 13.0. The molecule has 0 aliphatic carbocycles. The molecule has 0 aromatic heterocycles. The number of nitrogens with one attached hydrogen (secondary N) is 1. The van der Waals surface area contributed by atoms with E-state index in [1.807, 2.05) is 0 Å². The number of alkyl halides is 2. The van der Waals surface area contributed by atoms with Crippen LogP contribution < -0.4 is 5.32 Å². The monoisotopic (exact) mass is 203 g/mol. The van der Waals surface area contributed by atoms with Crippen molar-refractivity contribution < 1.29 is 13.2 Å². The predicted molar refractivity (Wildman–Crippen MR) is 50.2 cm³/mol. The van der Waals surface area contributed by atoms with E-state index >= 15 is 0 Å². The van der Waals surface area contributed by atoms with Crippen molar-refractivity contribution in [3.63, 3.8) is 0 Å². The van der Waals surface area contributed by atoms with E-state index in [0.29, 0.717) is 11.3 Å². The van der Waals surface area contributed by atoms with Gasteiger partial charge in [-0.2, -0.15) is 0 Å². The smallest absolute Gasteiger partial charge is 0.258 e. The Labute approximate surface area is 80.9 Å². The first-order chi connectivity index (χ1) is 6.50. The van der Waals surface area contributed by atoms with Gasteiger partial charge in [0.15, 0.2) is 0 Å². The van der Waals surface area contributed by atoms with Crippen molar-refractivity contribution in [1.29, 1.82) is 0 Å². The fourth-order valence-corrected chi connectivity index (χ4v) is 1.01. The van der Waals surface area contributed by atoms with Crippen LogP contribution in [-0.2, 0) is 0 Å². The first-order valence-corrected chi connectivity index (χ1v) is 4.31. The van der Waals surface area contributed by atoms with Gasteiger partial charge in [-0.3, -0.25) is 0 Å². The number of hydrogen-bond acceptors (Lipinski definition) is 1. The fraction of sp³-hybridized carbons (Fsp3) is 0.400. The molecule has 1 N–H and O–H groups in total. The van der Waals surface area contributed by atoms with Crippen molar-refractivity contribution in [2.75, 3.05) is 5.32 Å². The lowest BCUT2D eigenvalue weighted by Crippen LogP contribution is -2.23. The van der Waals surface area contributed by atoms with Gasteiger partial charge in [-0.05, 0) is 31.5 Å². The van der Waals surface area contributed by atoms with E-state index in [4.69, 9.17) is 0 Å². The SMILES string of the molecule is Cc1ccc(NC(C)C(F)F)cc1F. The summed E-state index contributed by atoms with van der Waals surface area (Å²) in [7, 11) is 0. The molecule has 14 heavy (non-hydrogen) atoms. The molecule has 0 radical (unpaired) electrons. The fourth-order valence-electron chi connectivity index (χ4n) is 1.01. The van der Waals surface area contributed by atoms with Crippen molar-refractivity contribution >= 4 is 5.69 Å². The number of rotatable bonds is 3. The van der Waals surface area contributed by atoms with Crippen molar-refractivity contribution in [3.05, 3.63) is 29.6 Å². The minimum Gasteiger partial charge on any atom is -0.377 e. The van der Waals surface area contributed by atoms with Gasteiger partial charge in [0.25, 0.3) is 6.43 Å². The molecule has 0 amide bonds. The van der Waals surface area contributed by atoms with Crippen LogP contribution in [0.2, 0.25) is 0 Å². The molecule has 1 rings (SSSR count). The highest BCUT2D eigenvalue weighted by Gasteiger charge is 2.14. The summed E-state index contributed by atoms with van der Waals surface area (Å²) in [5, 5.41) is 2.52. The van der Waals surface area contributed by atoms with Crippen LogP contribution in [0.15, 0.2) is 18.2 Å². The zero-order chi connectivity index (χ0) is 10.7. The summed E-state index contributed by atoms with van der Waals surface area (Å²) in [6.07, 6.45) is -2.46. The molecule has 4 heteroatoms. The maximum absolute atomic E-state index is 13.0. The average molecular weight is 203 g/mol. The standard InChI is InChI=1S/C10H12F3N/c1-6-3-4-8(5-9(6)11)14-7(2)10(12)13/h3-5,7,10,14H,1-2H3. The molecule has 0 aliphatic heterocycles. The summed E-state index contributed by atoms with van der Waals surface area (Å²) in [6, 6.07) is 3.37. The lowest BCUT2D eigenvalue weighted by Gasteiger charge is -2.14. The summed E-state index contributed by atoms with van der Waals surface area (Å²) in [4.78, 5) is 0. The van der Waals surface area contributed by atoms with Crippen LogP contribution in [0.3, 0.4) is 0 Å². The highest BCUT2D eigenvalue weighted by atomic mass is 19.3. The Balaban J connectivity index is 2.73. The summed E-state index contributed by atoms with van der Waals surface area (Å²) >= 11 is 0. The molecule has 1 nitrogen and oxygen atoms in total. The Bertz CT molecular complexity index is 312. The van der Waals surface area contributed by atoms with Crippen LogP contribution in [0.4, 0.5) is 18.9 Å². The topological polar surface area (TPSA) is 12.0 Å². The second-order valence-corrected chi connectivity index (χ2v) is 3.23. The highest BCUT2D eigenvalue weighted by Crippen LogP contribution is 2.16. The van der Waals surface area contributed by atoms with Crippen molar-refractivity contribution in [1.82, 2.24) is 0 Å². The molecule has 0 fully saturated rings. The number of hydrogen-bond donors (Lipinski definition) is 1. The normalized spacial score (nSPS) is 13.0. The Morgan fingerprint density at radius 2 is 1.93 bits per heavy atom. The molecule has 0 aliphatic rings. The third-order valence-corrected chi connectivity index (χ3v) is 1.94. The minimum absolute atomic E-state index is 0.376. The van der Waals surface area contributed by atoms with Gasteiger partial charge in [0.05, 0.1) is 6.04 Å². The zero-order valence-electron chi connectivity index (χ0n) is 8.02. The average Bonchev–Trinajstić information content (AvgIpc) is 2.11. The molecule has 0 saturated carbocycles. The molecule has 1 atom stereocenters. The van der Waals surface area contributed by atoms with Crippen LogP contribution in [0.25, 0.3) is 0 Å². The van der Waals surface area contributed by atoms with E-state index in [9.17, 15) is 13.2 Å². The van der Waals surface area contributed by atoms with Crippen LogP contribution in [0.5, 0.6) is 0 Å². The number of benzene rings is 1. The van der Waals surface area contributed by atoms with Crippen molar-refractivity contribution in [2.45, 2.75) is 26.3 Å². The third-order valence-electron chi connectivity index (χ3n) is 1.94. The number of anilines is 1. The Morgan fingerprint density at radius 1 is 1.29 bits per heavy atom. The van der Waals surface area contributed by atoms with Gasteiger partial charge < -0.3 is 5.32 Å². The number of halogens is 3. The van der Waals surface area contributed by atoms with Gasteiger partial charge in [-0.15, -0.1) is 0 Å². The molecular weight excluding hydrogens is 191 g/mol. The quantitative estimate of drug-likeness (QED) is 0.795. The van der Waals surface area contributed by atoms with Gasteiger partial charge in [0.1, 0.15) is 5.82 Å². The Kier molecular flexibility index (Phi) is 3.38. The van der Waals surface area contributed by atoms with Crippen LogP contribution >= 0.6 is 0 Å². The van der Waals surface area contributed by atoms with Crippen molar-refractivity contribution in [2.24, 2.45) is 0 Å². The van der Waals surface area contributed by atoms with E-state index in [0.717, 1.165) is 0 Å². The molecule has 1 unspecified atom stereocenters. The molecule has 0 heterocycles. The van der Waals surface area contributed by atoms with Crippen LogP contribution in [0.1, 0.15) is 12.5 Å². The molecule has 0 saturated heterocycles. The van der Waals surface area contributed by atoms with Gasteiger partial charge >= 0.3 is 0 Å². The van der Waals surface area contributed by atoms with E-state index in [1.165, 1.54) is 13.0 Å². The first kappa shape index (κ1) is 10.9. The second-order valence-electron chi connectivity index (χ2n) is 3.23. The molecule has 0 bridgehead atoms. The molecular formula is C10H12F3N. The van der Waals surface area contributed by atoms with Crippen LogP contribution in [0, 0.1) is 12.7 Å². The van der Waals surface area contributed by atoms with Gasteiger partial charge in [-0.1, -0.05) is 6.07 Å². The predicted octanol–water partition coefficient (Wildman–Crippen LogP) is 3.20. The van der Waals surface area contributed by atoms with E-state index < -0.39 is 18.3 Å². The summed E-state index contributed by atoms with van der Waals surface area (Å²) in [5.41, 5.74) is 0.876. The maximum Gasteiger partial charge on any atom is 0.258 e. The van der Waals surface area contributed by atoms with Gasteiger partial charge in [0, 0.05) is 5.69 Å². The second kappa shape index (κ2) is 4.35. The third kappa shape index (κ3) is 2.65. The van der Waals surface area contributed by atoms with E-state index in [1.54, 1.807) is 19.1 Å². The molecule has 0 spiro atoms. The van der Waals surface area contributed by atoms with Gasteiger partial charge in [0.2, 0.25) is 0 Å². The minimum atomic E-state index is -2.46. The Morgan fingerprint density at radius 3 is 2.43 bits per heavy atom. The lowest BCUT2D eigenvalue weighted by atomic mass is 10.2. The Hall–Kier alpha value is -1.19. The molecule has 1 aromatic rings. The highest BCUT2D eigenvalue weighted by molar-refractivity contribution is 5.45. The lowest BCUT2D eigenvalue weighted by molar-refractivity contribution is 0.130.